The second kappa shape index (κ2) is 4.92. The lowest BCUT2D eigenvalue weighted by atomic mass is 10.3. The molecule has 0 aliphatic rings. The number of aromatic nitrogens is 5. The molecule has 0 radical (unpaired) electrons. The lowest BCUT2D eigenvalue weighted by Crippen LogP contribution is -1.99. The summed E-state index contributed by atoms with van der Waals surface area (Å²) in [5, 5.41) is 16.7. The Labute approximate surface area is 112 Å². The number of nitrogens with zero attached hydrogens (tertiary/aromatic N) is 5. The number of carboxylic acids is 1. The van der Waals surface area contributed by atoms with E-state index in [-0.39, 0.29) is 5.76 Å². The molecule has 3 heterocycles. The highest BCUT2D eigenvalue weighted by Crippen LogP contribution is 2.14. The van der Waals surface area contributed by atoms with E-state index in [0.29, 0.717) is 18.0 Å². The normalized spacial score (nSPS) is 10.6. The summed E-state index contributed by atoms with van der Waals surface area (Å²) in [7, 11) is 0. The van der Waals surface area contributed by atoms with Crippen LogP contribution in [0.15, 0.2) is 41.5 Å². The van der Waals surface area contributed by atoms with Gasteiger partial charge in [0.2, 0.25) is 5.76 Å². The van der Waals surface area contributed by atoms with Crippen molar-refractivity contribution in [3.05, 3.63) is 48.6 Å². The Bertz CT molecular complexity index is 734. The van der Waals surface area contributed by atoms with Gasteiger partial charge in [0.15, 0.2) is 0 Å². The molecule has 0 saturated heterocycles. The third-order valence-electron chi connectivity index (χ3n) is 2.59. The molecule has 0 bridgehead atoms. The number of furan rings is 1. The Hall–Kier alpha value is -3.03. The monoisotopic (exact) mass is 271 g/mol. The van der Waals surface area contributed by atoms with Crippen molar-refractivity contribution in [2.24, 2.45) is 0 Å². The van der Waals surface area contributed by atoms with Crippen LogP contribution in [0.2, 0.25) is 0 Å². The van der Waals surface area contributed by atoms with Crippen LogP contribution in [-0.2, 0) is 6.54 Å². The molecule has 20 heavy (non-hydrogen) atoms. The number of aromatic carboxylic acids is 1. The standard InChI is InChI=1S/C12H9N5O3/c18-12(19)11-2-1-9(20-11)5-17-6-10(15-16-17)8-3-13-7-14-4-8/h1-4,6-7H,5H2,(H,18,19). The molecule has 1 N–H and O–H groups in total. The molecule has 8 heteroatoms. The van der Waals surface area contributed by atoms with Crippen molar-refractivity contribution in [3.63, 3.8) is 0 Å². The minimum absolute atomic E-state index is 0.100. The third-order valence-corrected chi connectivity index (χ3v) is 2.59. The van der Waals surface area contributed by atoms with Gasteiger partial charge in [-0.25, -0.2) is 19.4 Å². The number of hydrogen-bond donors (Lipinski definition) is 1. The van der Waals surface area contributed by atoms with Gasteiger partial charge in [-0.3, -0.25) is 0 Å². The third kappa shape index (κ3) is 2.39. The van der Waals surface area contributed by atoms with Gasteiger partial charge in [-0.2, -0.15) is 0 Å². The summed E-state index contributed by atoms with van der Waals surface area (Å²) in [4.78, 5) is 18.5. The Morgan fingerprint density at radius 3 is 2.80 bits per heavy atom. The summed E-state index contributed by atoms with van der Waals surface area (Å²) in [6.45, 7) is 0.300. The molecule has 0 aliphatic heterocycles. The molecule has 0 aromatic carbocycles. The fourth-order valence-corrected chi connectivity index (χ4v) is 1.68. The van der Waals surface area contributed by atoms with Crippen molar-refractivity contribution in [2.75, 3.05) is 0 Å². The van der Waals surface area contributed by atoms with Gasteiger partial charge in [-0.05, 0) is 12.1 Å². The highest BCUT2D eigenvalue weighted by molar-refractivity contribution is 5.84. The predicted molar refractivity (Wildman–Crippen MR) is 65.8 cm³/mol. The second-order valence-corrected chi connectivity index (χ2v) is 4.00. The number of rotatable bonds is 4. The van der Waals surface area contributed by atoms with Crippen LogP contribution in [0.3, 0.4) is 0 Å². The van der Waals surface area contributed by atoms with E-state index >= 15 is 0 Å². The molecular weight excluding hydrogens is 262 g/mol. The van der Waals surface area contributed by atoms with Crippen LogP contribution in [0, 0.1) is 0 Å². The summed E-state index contributed by atoms with van der Waals surface area (Å²) < 4.78 is 6.70. The van der Waals surface area contributed by atoms with Crippen LogP contribution in [0.5, 0.6) is 0 Å². The van der Waals surface area contributed by atoms with Crippen LogP contribution in [0.1, 0.15) is 16.3 Å². The second-order valence-electron chi connectivity index (χ2n) is 4.00. The maximum Gasteiger partial charge on any atom is 0.371 e. The maximum atomic E-state index is 10.7. The van der Waals surface area contributed by atoms with Crippen LogP contribution >= 0.6 is 0 Å². The zero-order valence-corrected chi connectivity index (χ0v) is 10.2. The van der Waals surface area contributed by atoms with Crippen LogP contribution in [-0.4, -0.2) is 36.0 Å². The predicted octanol–water partition coefficient (Wildman–Crippen LogP) is 1.07. The van der Waals surface area contributed by atoms with Gasteiger partial charge in [0, 0.05) is 18.0 Å². The van der Waals surface area contributed by atoms with E-state index in [1.54, 1.807) is 29.3 Å². The van der Waals surface area contributed by atoms with Crippen molar-refractivity contribution in [1.29, 1.82) is 0 Å². The minimum Gasteiger partial charge on any atom is -0.475 e. The van der Waals surface area contributed by atoms with Crippen molar-refractivity contribution in [2.45, 2.75) is 6.54 Å². The van der Waals surface area contributed by atoms with Gasteiger partial charge in [0.25, 0.3) is 0 Å². The van der Waals surface area contributed by atoms with Crippen LogP contribution in [0.25, 0.3) is 11.3 Å². The van der Waals surface area contributed by atoms with E-state index in [1.165, 1.54) is 12.4 Å². The molecule has 100 valence electrons. The average molecular weight is 271 g/mol. The van der Waals surface area contributed by atoms with Gasteiger partial charge in [-0.1, -0.05) is 5.21 Å². The molecule has 3 aromatic rings. The lowest BCUT2D eigenvalue weighted by Gasteiger charge is -1.95. The summed E-state index contributed by atoms with van der Waals surface area (Å²) in [6.07, 6.45) is 6.42. The number of hydrogen-bond acceptors (Lipinski definition) is 6. The smallest absolute Gasteiger partial charge is 0.371 e. The molecule has 0 spiro atoms. The van der Waals surface area contributed by atoms with Crippen LogP contribution < -0.4 is 0 Å². The van der Waals surface area contributed by atoms with Crippen LogP contribution in [0.4, 0.5) is 0 Å². The summed E-state index contributed by atoms with van der Waals surface area (Å²) in [5.74, 6) is -0.711. The fourth-order valence-electron chi connectivity index (χ4n) is 1.68. The van der Waals surface area contributed by atoms with Gasteiger partial charge >= 0.3 is 5.97 Å². The summed E-state index contributed by atoms with van der Waals surface area (Å²) in [5.41, 5.74) is 1.39. The molecule has 0 aliphatic carbocycles. The van der Waals surface area contributed by atoms with Crippen molar-refractivity contribution in [3.8, 4) is 11.3 Å². The molecule has 0 atom stereocenters. The SMILES string of the molecule is O=C(O)c1ccc(Cn2cc(-c3cncnc3)nn2)o1. The molecule has 0 saturated carbocycles. The molecule has 8 nitrogen and oxygen atoms in total. The van der Waals surface area contributed by atoms with Gasteiger partial charge in [-0.15, -0.1) is 5.10 Å². The zero-order chi connectivity index (χ0) is 13.9. The topological polar surface area (TPSA) is 107 Å². The van der Waals surface area contributed by atoms with Gasteiger partial charge in [0.05, 0.1) is 6.20 Å². The first kappa shape index (κ1) is 12.0. The van der Waals surface area contributed by atoms with Gasteiger partial charge in [0.1, 0.15) is 24.3 Å². The summed E-state index contributed by atoms with van der Waals surface area (Å²) >= 11 is 0. The summed E-state index contributed by atoms with van der Waals surface area (Å²) in [6, 6.07) is 3.00. The fraction of sp³-hybridized carbons (Fsp3) is 0.0833. The van der Waals surface area contributed by atoms with E-state index in [1.807, 2.05) is 0 Å². The van der Waals surface area contributed by atoms with E-state index in [4.69, 9.17) is 9.52 Å². The quantitative estimate of drug-likeness (QED) is 0.756. The highest BCUT2D eigenvalue weighted by Gasteiger charge is 2.10. The zero-order valence-electron chi connectivity index (χ0n) is 10.2. The van der Waals surface area contributed by atoms with Gasteiger partial charge < -0.3 is 9.52 Å². The number of carboxylic acid groups (broad SMARTS) is 1. The van der Waals surface area contributed by atoms with Crippen molar-refractivity contribution >= 4 is 5.97 Å². The molecule has 3 aromatic heterocycles. The molecule has 3 rings (SSSR count). The highest BCUT2D eigenvalue weighted by atomic mass is 16.4. The first-order valence-corrected chi connectivity index (χ1v) is 5.70. The first-order valence-electron chi connectivity index (χ1n) is 5.70. The molecule has 0 amide bonds. The minimum atomic E-state index is -1.10. The molecule has 0 unspecified atom stereocenters. The Morgan fingerprint density at radius 2 is 2.10 bits per heavy atom. The van der Waals surface area contributed by atoms with Crippen molar-refractivity contribution < 1.29 is 14.3 Å². The lowest BCUT2D eigenvalue weighted by molar-refractivity contribution is 0.0660. The van der Waals surface area contributed by atoms with E-state index in [2.05, 4.69) is 20.3 Å². The van der Waals surface area contributed by atoms with E-state index < -0.39 is 5.97 Å². The maximum absolute atomic E-state index is 10.7. The first-order chi connectivity index (χ1) is 9.72. The Morgan fingerprint density at radius 1 is 1.30 bits per heavy atom. The molecular formula is C12H9N5O3. The average Bonchev–Trinajstić information content (AvgIpc) is 3.10. The van der Waals surface area contributed by atoms with E-state index in [0.717, 1.165) is 5.56 Å². The Kier molecular flexibility index (Phi) is 2.96. The number of carbonyl (C=O) groups is 1. The Balaban J connectivity index is 1.78. The molecule has 0 fully saturated rings. The van der Waals surface area contributed by atoms with Crippen molar-refractivity contribution in [1.82, 2.24) is 25.0 Å². The largest absolute Gasteiger partial charge is 0.475 e. The van der Waals surface area contributed by atoms with E-state index in [9.17, 15) is 4.79 Å².